The van der Waals surface area contributed by atoms with Gasteiger partial charge in [0.2, 0.25) is 10.0 Å². The molecule has 0 bridgehead atoms. The van der Waals surface area contributed by atoms with Crippen LogP contribution in [0.25, 0.3) is 0 Å². The fourth-order valence-electron chi connectivity index (χ4n) is 1.67. The van der Waals surface area contributed by atoms with Crippen molar-refractivity contribution >= 4 is 21.4 Å². The molecule has 122 valence electrons. The first-order chi connectivity index (χ1) is 10.1. The summed E-state index contributed by atoms with van der Waals surface area (Å²) in [6.45, 7) is 0.750. The van der Waals surface area contributed by atoms with E-state index in [9.17, 15) is 28.6 Å². The summed E-state index contributed by atoms with van der Waals surface area (Å²) in [5.74, 6) is 0. The Morgan fingerprint density at radius 1 is 1.18 bits per heavy atom. The van der Waals surface area contributed by atoms with Crippen molar-refractivity contribution in [2.24, 2.45) is 0 Å². The van der Waals surface area contributed by atoms with E-state index < -0.39 is 36.1 Å². The molecule has 0 aliphatic rings. The van der Waals surface area contributed by atoms with Crippen LogP contribution in [0.15, 0.2) is 23.1 Å². The summed E-state index contributed by atoms with van der Waals surface area (Å²) in [5.41, 5.74) is -1.37. The van der Waals surface area contributed by atoms with Gasteiger partial charge < -0.3 is 4.90 Å². The van der Waals surface area contributed by atoms with Crippen LogP contribution in [0.5, 0.6) is 0 Å². The largest absolute Gasteiger partial charge is 0.309 e. The van der Waals surface area contributed by atoms with Gasteiger partial charge in [-0.2, -0.15) is 0 Å². The highest BCUT2D eigenvalue weighted by Gasteiger charge is 2.28. The van der Waals surface area contributed by atoms with Crippen molar-refractivity contribution in [3.63, 3.8) is 0 Å². The third-order valence-electron chi connectivity index (χ3n) is 2.71. The van der Waals surface area contributed by atoms with E-state index in [0.717, 1.165) is 12.1 Å². The predicted molar refractivity (Wildman–Crippen MR) is 78.1 cm³/mol. The Morgan fingerprint density at radius 3 is 2.32 bits per heavy atom. The molecule has 1 N–H and O–H groups in total. The van der Waals surface area contributed by atoms with Gasteiger partial charge >= 0.3 is 0 Å². The molecule has 0 aliphatic heterocycles. The van der Waals surface area contributed by atoms with Crippen LogP contribution in [0.1, 0.15) is 6.42 Å². The Morgan fingerprint density at radius 2 is 1.82 bits per heavy atom. The fourth-order valence-corrected chi connectivity index (χ4v) is 2.89. The molecule has 0 spiro atoms. The zero-order chi connectivity index (χ0) is 16.9. The van der Waals surface area contributed by atoms with Gasteiger partial charge in [0.05, 0.1) is 15.9 Å². The molecule has 1 aromatic carbocycles. The summed E-state index contributed by atoms with van der Waals surface area (Å²) in [5, 5.41) is 21.6. The molecule has 0 aliphatic carbocycles. The van der Waals surface area contributed by atoms with Crippen molar-refractivity contribution in [1.82, 2.24) is 9.62 Å². The van der Waals surface area contributed by atoms with Crippen molar-refractivity contribution in [2.75, 3.05) is 27.2 Å². The maximum Gasteiger partial charge on any atom is 0.296 e. The second kappa shape index (κ2) is 7.24. The molecule has 0 fully saturated rings. The zero-order valence-electron chi connectivity index (χ0n) is 12.1. The third-order valence-corrected chi connectivity index (χ3v) is 4.22. The van der Waals surface area contributed by atoms with Crippen LogP contribution in [0.2, 0.25) is 0 Å². The van der Waals surface area contributed by atoms with Gasteiger partial charge in [0.1, 0.15) is 0 Å². The number of hydrogen-bond donors (Lipinski definition) is 1. The Labute approximate surface area is 127 Å². The minimum atomic E-state index is -4.11. The number of benzene rings is 1. The van der Waals surface area contributed by atoms with E-state index in [1.54, 1.807) is 0 Å². The van der Waals surface area contributed by atoms with Gasteiger partial charge in [0.25, 0.3) is 11.4 Å². The smallest absolute Gasteiger partial charge is 0.296 e. The van der Waals surface area contributed by atoms with Crippen molar-refractivity contribution < 1.29 is 18.3 Å². The number of nitrogens with zero attached hydrogens (tertiary/aromatic N) is 3. The van der Waals surface area contributed by atoms with Crippen LogP contribution in [-0.4, -0.2) is 50.3 Å². The summed E-state index contributed by atoms with van der Waals surface area (Å²) in [6, 6.07) is 2.42. The second-order valence-electron chi connectivity index (χ2n) is 4.72. The SMILES string of the molecule is CN(C)CCCNS(=O)(=O)c1ccc([N+](=O)[O-])cc1[N+](=O)[O-]. The van der Waals surface area contributed by atoms with E-state index in [1.807, 2.05) is 19.0 Å². The summed E-state index contributed by atoms with van der Waals surface area (Å²) in [6.07, 6.45) is 0.521. The van der Waals surface area contributed by atoms with Crippen LogP contribution in [0, 0.1) is 20.2 Å². The quantitative estimate of drug-likeness (QED) is 0.421. The first-order valence-electron chi connectivity index (χ1n) is 6.22. The Balaban J connectivity index is 3.03. The molecule has 11 heteroatoms. The monoisotopic (exact) mass is 332 g/mol. The number of nitro groups is 2. The molecule has 0 aromatic heterocycles. The summed E-state index contributed by atoms with van der Waals surface area (Å²) in [4.78, 5) is 21.1. The van der Waals surface area contributed by atoms with Gasteiger partial charge in [0.15, 0.2) is 4.90 Å². The van der Waals surface area contributed by atoms with E-state index in [4.69, 9.17) is 0 Å². The summed E-state index contributed by atoms with van der Waals surface area (Å²) >= 11 is 0. The number of sulfonamides is 1. The topological polar surface area (TPSA) is 136 Å². The molecule has 10 nitrogen and oxygen atoms in total. The normalized spacial score (nSPS) is 11.6. The highest BCUT2D eigenvalue weighted by Crippen LogP contribution is 2.28. The molecule has 0 saturated carbocycles. The number of rotatable bonds is 8. The lowest BCUT2D eigenvalue weighted by molar-refractivity contribution is -0.396. The fraction of sp³-hybridized carbons (Fsp3) is 0.455. The molecule has 0 amide bonds. The van der Waals surface area contributed by atoms with Crippen molar-refractivity contribution in [2.45, 2.75) is 11.3 Å². The molecule has 0 unspecified atom stereocenters. The zero-order valence-corrected chi connectivity index (χ0v) is 12.9. The highest BCUT2D eigenvalue weighted by molar-refractivity contribution is 7.89. The molecule has 1 aromatic rings. The number of non-ortho nitro benzene ring substituents is 1. The minimum Gasteiger partial charge on any atom is -0.309 e. The summed E-state index contributed by atoms with van der Waals surface area (Å²) in [7, 11) is -0.451. The minimum absolute atomic E-state index is 0.106. The Bertz CT molecular complexity index is 673. The lowest BCUT2D eigenvalue weighted by atomic mass is 10.3. The lowest BCUT2D eigenvalue weighted by Crippen LogP contribution is -2.27. The number of nitro benzene ring substituents is 2. The van der Waals surface area contributed by atoms with Crippen LogP contribution in [-0.2, 0) is 10.0 Å². The van der Waals surface area contributed by atoms with Crippen molar-refractivity contribution in [3.8, 4) is 0 Å². The first kappa shape index (κ1) is 17.9. The van der Waals surface area contributed by atoms with Gasteiger partial charge in [0, 0.05) is 12.6 Å². The number of hydrogen-bond acceptors (Lipinski definition) is 7. The molecule has 1 rings (SSSR count). The van der Waals surface area contributed by atoms with Crippen LogP contribution in [0.4, 0.5) is 11.4 Å². The molecule has 22 heavy (non-hydrogen) atoms. The molecular weight excluding hydrogens is 316 g/mol. The van der Waals surface area contributed by atoms with Gasteiger partial charge in [-0.05, 0) is 33.1 Å². The van der Waals surface area contributed by atoms with E-state index in [1.165, 1.54) is 0 Å². The molecule has 0 saturated heterocycles. The van der Waals surface area contributed by atoms with Gasteiger partial charge in [-0.1, -0.05) is 0 Å². The van der Waals surface area contributed by atoms with Crippen LogP contribution >= 0.6 is 0 Å². The molecule has 0 radical (unpaired) electrons. The maximum atomic E-state index is 12.1. The van der Waals surface area contributed by atoms with E-state index in [2.05, 4.69) is 4.72 Å². The maximum absolute atomic E-state index is 12.1. The van der Waals surface area contributed by atoms with E-state index >= 15 is 0 Å². The van der Waals surface area contributed by atoms with Gasteiger partial charge in [-0.3, -0.25) is 20.2 Å². The molecular formula is C11H16N4O6S. The van der Waals surface area contributed by atoms with E-state index in [-0.39, 0.29) is 6.54 Å². The first-order valence-corrected chi connectivity index (χ1v) is 7.70. The third kappa shape index (κ3) is 4.72. The average Bonchev–Trinajstić information content (AvgIpc) is 2.42. The average molecular weight is 332 g/mol. The number of nitrogens with one attached hydrogen (secondary N) is 1. The van der Waals surface area contributed by atoms with Gasteiger partial charge in [-0.15, -0.1) is 0 Å². The summed E-state index contributed by atoms with van der Waals surface area (Å²) < 4.78 is 26.4. The van der Waals surface area contributed by atoms with E-state index in [0.29, 0.717) is 19.0 Å². The predicted octanol–water partition coefficient (Wildman–Crippen LogP) is 0.733. The van der Waals surface area contributed by atoms with Gasteiger partial charge in [-0.25, -0.2) is 13.1 Å². The standard InChI is InChI=1S/C11H16N4O6S/c1-13(2)7-3-6-12-22(20,21)11-5-4-9(14(16)17)8-10(11)15(18)19/h4-5,8,12H,3,6-7H2,1-2H3. The van der Waals surface area contributed by atoms with Crippen molar-refractivity contribution in [3.05, 3.63) is 38.4 Å². The second-order valence-corrected chi connectivity index (χ2v) is 6.46. The lowest BCUT2D eigenvalue weighted by Gasteiger charge is -2.10. The molecule has 0 heterocycles. The Kier molecular flexibility index (Phi) is 5.91. The Hall–Kier alpha value is -2.11. The van der Waals surface area contributed by atoms with Crippen LogP contribution in [0.3, 0.4) is 0 Å². The van der Waals surface area contributed by atoms with Crippen LogP contribution < -0.4 is 4.72 Å². The molecule has 0 atom stereocenters. The van der Waals surface area contributed by atoms with Crippen molar-refractivity contribution in [1.29, 1.82) is 0 Å². The highest BCUT2D eigenvalue weighted by atomic mass is 32.2.